The standard InChI is InChI=1S/C24H20N2O/c1-17-8-7-11-20(16-17)26-23(15-14-19-10-4-3-9-18(19)2)25-22-13-6-5-12-21(22)24(26)27/h3-16H,1-2H3/b15-14+. The maximum Gasteiger partial charge on any atom is 0.266 e. The molecule has 3 aromatic carbocycles. The van der Waals surface area contributed by atoms with Crippen molar-refractivity contribution in [3.8, 4) is 5.69 Å². The molecule has 0 aliphatic rings. The van der Waals surface area contributed by atoms with Crippen molar-refractivity contribution in [2.24, 2.45) is 0 Å². The Morgan fingerprint density at radius 3 is 2.44 bits per heavy atom. The molecule has 0 N–H and O–H groups in total. The van der Waals surface area contributed by atoms with Crippen LogP contribution in [0.15, 0.2) is 77.6 Å². The van der Waals surface area contributed by atoms with E-state index in [-0.39, 0.29) is 5.56 Å². The largest absolute Gasteiger partial charge is 0.268 e. The first-order valence-electron chi connectivity index (χ1n) is 8.96. The van der Waals surface area contributed by atoms with Crippen molar-refractivity contribution in [3.63, 3.8) is 0 Å². The number of fused-ring (bicyclic) bond motifs is 1. The van der Waals surface area contributed by atoms with Crippen LogP contribution in [-0.2, 0) is 0 Å². The molecule has 0 aliphatic carbocycles. The Morgan fingerprint density at radius 1 is 0.852 bits per heavy atom. The van der Waals surface area contributed by atoms with Gasteiger partial charge in [-0.25, -0.2) is 4.98 Å². The molecule has 0 atom stereocenters. The van der Waals surface area contributed by atoms with Crippen LogP contribution in [0.1, 0.15) is 22.5 Å². The van der Waals surface area contributed by atoms with Crippen molar-refractivity contribution in [1.29, 1.82) is 0 Å². The molecule has 0 unspecified atom stereocenters. The maximum atomic E-state index is 13.2. The van der Waals surface area contributed by atoms with Gasteiger partial charge in [-0.15, -0.1) is 0 Å². The third-order valence-electron chi connectivity index (χ3n) is 4.66. The van der Waals surface area contributed by atoms with Crippen LogP contribution in [0.3, 0.4) is 0 Å². The molecule has 0 aliphatic heterocycles. The normalized spacial score (nSPS) is 11.3. The maximum absolute atomic E-state index is 13.2. The van der Waals surface area contributed by atoms with Gasteiger partial charge in [0.2, 0.25) is 0 Å². The molecule has 0 fully saturated rings. The minimum absolute atomic E-state index is 0.0596. The van der Waals surface area contributed by atoms with Crippen LogP contribution in [0.4, 0.5) is 0 Å². The number of hydrogen-bond donors (Lipinski definition) is 0. The molecule has 0 radical (unpaired) electrons. The summed E-state index contributed by atoms with van der Waals surface area (Å²) in [5.74, 6) is 0.618. The molecule has 0 amide bonds. The fourth-order valence-corrected chi connectivity index (χ4v) is 3.22. The first-order chi connectivity index (χ1) is 13.1. The smallest absolute Gasteiger partial charge is 0.266 e. The third kappa shape index (κ3) is 3.32. The highest BCUT2D eigenvalue weighted by Crippen LogP contribution is 2.17. The molecule has 0 spiro atoms. The zero-order valence-electron chi connectivity index (χ0n) is 15.4. The van der Waals surface area contributed by atoms with Crippen LogP contribution in [-0.4, -0.2) is 9.55 Å². The van der Waals surface area contributed by atoms with Gasteiger partial charge in [0.05, 0.1) is 16.6 Å². The predicted octanol–water partition coefficient (Wildman–Crippen LogP) is 5.17. The number of para-hydroxylation sites is 1. The summed E-state index contributed by atoms with van der Waals surface area (Å²) in [5, 5.41) is 0.618. The second-order valence-electron chi connectivity index (χ2n) is 6.66. The van der Waals surface area contributed by atoms with Crippen molar-refractivity contribution in [2.75, 3.05) is 0 Å². The fraction of sp³-hybridized carbons (Fsp3) is 0.0833. The fourth-order valence-electron chi connectivity index (χ4n) is 3.22. The summed E-state index contributed by atoms with van der Waals surface area (Å²) >= 11 is 0. The molecule has 0 saturated carbocycles. The van der Waals surface area contributed by atoms with Gasteiger partial charge >= 0.3 is 0 Å². The monoisotopic (exact) mass is 352 g/mol. The van der Waals surface area contributed by atoms with Gasteiger partial charge in [0.1, 0.15) is 5.82 Å². The van der Waals surface area contributed by atoms with E-state index in [0.29, 0.717) is 16.7 Å². The highest BCUT2D eigenvalue weighted by molar-refractivity contribution is 5.80. The number of rotatable bonds is 3. The Kier molecular flexibility index (Phi) is 4.43. The molecular weight excluding hydrogens is 332 g/mol. The Hall–Kier alpha value is -3.46. The summed E-state index contributed by atoms with van der Waals surface area (Å²) in [5.41, 5.74) is 4.85. The van der Waals surface area contributed by atoms with E-state index in [1.807, 2.05) is 79.7 Å². The Balaban J connectivity index is 1.97. The van der Waals surface area contributed by atoms with E-state index in [9.17, 15) is 4.79 Å². The van der Waals surface area contributed by atoms with E-state index in [0.717, 1.165) is 16.8 Å². The van der Waals surface area contributed by atoms with Crippen LogP contribution >= 0.6 is 0 Å². The average molecular weight is 352 g/mol. The highest BCUT2D eigenvalue weighted by atomic mass is 16.1. The zero-order valence-corrected chi connectivity index (χ0v) is 15.4. The first kappa shape index (κ1) is 17.0. The van der Waals surface area contributed by atoms with Crippen molar-refractivity contribution in [2.45, 2.75) is 13.8 Å². The molecule has 1 heterocycles. The third-order valence-corrected chi connectivity index (χ3v) is 4.66. The molecular formula is C24H20N2O. The van der Waals surface area contributed by atoms with E-state index in [1.54, 1.807) is 4.57 Å². The number of aryl methyl sites for hydroxylation is 2. The molecule has 1 aromatic heterocycles. The summed E-state index contributed by atoms with van der Waals surface area (Å²) < 4.78 is 1.68. The van der Waals surface area contributed by atoms with Gasteiger partial charge in [-0.2, -0.15) is 0 Å². The predicted molar refractivity (Wildman–Crippen MR) is 112 cm³/mol. The minimum atomic E-state index is -0.0596. The summed E-state index contributed by atoms with van der Waals surface area (Å²) in [6.45, 7) is 4.09. The number of nitrogens with zero attached hydrogens (tertiary/aromatic N) is 2. The average Bonchev–Trinajstić information content (AvgIpc) is 2.67. The van der Waals surface area contributed by atoms with Crippen LogP contribution in [0.5, 0.6) is 0 Å². The van der Waals surface area contributed by atoms with Crippen molar-refractivity contribution >= 4 is 23.1 Å². The summed E-state index contributed by atoms with van der Waals surface area (Å²) in [6, 6.07) is 23.6. The van der Waals surface area contributed by atoms with Gasteiger partial charge in [-0.05, 0) is 60.9 Å². The topological polar surface area (TPSA) is 34.9 Å². The quantitative estimate of drug-likeness (QED) is 0.510. The van der Waals surface area contributed by atoms with Crippen LogP contribution in [0, 0.1) is 13.8 Å². The van der Waals surface area contributed by atoms with Gasteiger partial charge in [0, 0.05) is 0 Å². The number of benzene rings is 3. The number of aromatic nitrogens is 2. The number of hydrogen-bond acceptors (Lipinski definition) is 2. The van der Waals surface area contributed by atoms with E-state index in [4.69, 9.17) is 4.98 Å². The molecule has 4 rings (SSSR count). The molecule has 132 valence electrons. The van der Waals surface area contributed by atoms with E-state index >= 15 is 0 Å². The summed E-state index contributed by atoms with van der Waals surface area (Å²) in [7, 11) is 0. The van der Waals surface area contributed by atoms with Gasteiger partial charge in [-0.1, -0.05) is 54.6 Å². The van der Waals surface area contributed by atoms with Crippen LogP contribution in [0.25, 0.3) is 28.7 Å². The lowest BCUT2D eigenvalue weighted by atomic mass is 10.1. The summed E-state index contributed by atoms with van der Waals surface area (Å²) in [6.07, 6.45) is 3.93. The van der Waals surface area contributed by atoms with Gasteiger partial charge in [-0.3, -0.25) is 9.36 Å². The van der Waals surface area contributed by atoms with Crippen molar-refractivity contribution < 1.29 is 0 Å². The molecule has 0 saturated heterocycles. The second kappa shape index (κ2) is 7.04. The Bertz CT molecular complexity index is 1220. The van der Waals surface area contributed by atoms with Gasteiger partial charge in [0.25, 0.3) is 5.56 Å². The Morgan fingerprint density at radius 2 is 1.63 bits per heavy atom. The second-order valence-corrected chi connectivity index (χ2v) is 6.66. The lowest BCUT2D eigenvalue weighted by molar-refractivity contribution is 0.942. The molecule has 4 aromatic rings. The van der Waals surface area contributed by atoms with Gasteiger partial charge < -0.3 is 0 Å². The molecule has 27 heavy (non-hydrogen) atoms. The van der Waals surface area contributed by atoms with E-state index in [1.165, 1.54) is 5.56 Å². The van der Waals surface area contributed by atoms with Crippen LogP contribution < -0.4 is 5.56 Å². The lowest BCUT2D eigenvalue weighted by Crippen LogP contribution is -2.22. The molecule has 0 bridgehead atoms. The molecule has 3 nitrogen and oxygen atoms in total. The van der Waals surface area contributed by atoms with Crippen molar-refractivity contribution in [3.05, 3.63) is 106 Å². The van der Waals surface area contributed by atoms with E-state index in [2.05, 4.69) is 19.1 Å². The Labute approximate surface area is 158 Å². The van der Waals surface area contributed by atoms with Crippen LogP contribution in [0.2, 0.25) is 0 Å². The summed E-state index contributed by atoms with van der Waals surface area (Å²) in [4.78, 5) is 18.0. The molecule has 3 heteroatoms. The zero-order chi connectivity index (χ0) is 18.8. The highest BCUT2D eigenvalue weighted by Gasteiger charge is 2.11. The van der Waals surface area contributed by atoms with E-state index < -0.39 is 0 Å². The lowest BCUT2D eigenvalue weighted by Gasteiger charge is -2.12. The van der Waals surface area contributed by atoms with Gasteiger partial charge in [0.15, 0.2) is 0 Å². The SMILES string of the molecule is Cc1cccc(-n2c(/C=C/c3ccccc3C)nc3ccccc3c2=O)c1. The first-order valence-corrected chi connectivity index (χ1v) is 8.96. The minimum Gasteiger partial charge on any atom is -0.268 e. The van der Waals surface area contributed by atoms with Crippen molar-refractivity contribution in [1.82, 2.24) is 9.55 Å².